The number of benzene rings is 2. The summed E-state index contributed by atoms with van der Waals surface area (Å²) in [5.41, 5.74) is 0.226. The molecule has 0 aliphatic carbocycles. The molecular formula is C25H26O6. The summed E-state index contributed by atoms with van der Waals surface area (Å²) in [5.74, 6) is -0.278. The van der Waals surface area contributed by atoms with Gasteiger partial charge in [-0.15, -0.1) is 0 Å². The van der Waals surface area contributed by atoms with Crippen LogP contribution in [0.1, 0.15) is 50.0 Å². The zero-order chi connectivity index (χ0) is 22.5. The molecule has 1 aromatic heterocycles. The predicted octanol–water partition coefficient (Wildman–Crippen LogP) is 4.47. The van der Waals surface area contributed by atoms with Crippen LogP contribution in [0, 0.1) is 5.92 Å². The molecule has 0 bridgehead atoms. The second-order valence-corrected chi connectivity index (χ2v) is 9.03. The summed E-state index contributed by atoms with van der Waals surface area (Å²) in [6.07, 6.45) is -0.538. The molecule has 3 aromatic rings. The zero-order valence-corrected chi connectivity index (χ0v) is 18.1. The molecule has 1 aliphatic heterocycles. The van der Waals surface area contributed by atoms with Gasteiger partial charge in [-0.3, -0.25) is 4.79 Å². The minimum absolute atomic E-state index is 0.0715. The molecule has 1 atom stereocenters. The lowest BCUT2D eigenvalue weighted by Crippen LogP contribution is -2.46. The van der Waals surface area contributed by atoms with Gasteiger partial charge in [0.05, 0.1) is 11.5 Å². The van der Waals surface area contributed by atoms with Crippen molar-refractivity contribution < 1.29 is 24.2 Å². The van der Waals surface area contributed by atoms with E-state index in [1.165, 1.54) is 6.07 Å². The van der Waals surface area contributed by atoms with E-state index >= 15 is 0 Å². The Morgan fingerprint density at radius 3 is 2.55 bits per heavy atom. The van der Waals surface area contributed by atoms with Crippen molar-refractivity contribution in [3.8, 4) is 22.6 Å². The average molecular weight is 422 g/mol. The largest absolute Gasteiger partial charge is 0.506 e. The molecule has 0 amide bonds. The van der Waals surface area contributed by atoms with Gasteiger partial charge in [0.15, 0.2) is 5.78 Å². The van der Waals surface area contributed by atoms with Crippen LogP contribution in [0.5, 0.6) is 11.5 Å². The standard InChI is InChI=1S/C25H26O6/c1-13(2)10-17(26)21-22(29)20-15(14-8-6-5-7-9-14)12-19(28)30-23(20)16-11-18(27)25(3,4)31-24(16)21/h5-9,12-13,18,27,29H,10-11H2,1-4H3. The molecule has 1 aliphatic rings. The fourth-order valence-corrected chi connectivity index (χ4v) is 4.07. The van der Waals surface area contributed by atoms with E-state index < -0.39 is 17.3 Å². The topological polar surface area (TPSA) is 97.0 Å². The van der Waals surface area contributed by atoms with E-state index in [1.54, 1.807) is 13.8 Å². The molecular weight excluding hydrogens is 396 g/mol. The summed E-state index contributed by atoms with van der Waals surface area (Å²) < 4.78 is 11.6. The highest BCUT2D eigenvalue weighted by Gasteiger charge is 2.41. The Labute approximate surface area is 180 Å². The Morgan fingerprint density at radius 2 is 1.90 bits per heavy atom. The Kier molecular flexibility index (Phi) is 5.13. The van der Waals surface area contributed by atoms with Gasteiger partial charge >= 0.3 is 5.63 Å². The second kappa shape index (κ2) is 7.54. The zero-order valence-electron chi connectivity index (χ0n) is 18.1. The number of phenolic OH excluding ortho intramolecular Hbond substituents is 1. The quantitative estimate of drug-likeness (QED) is 0.476. The van der Waals surface area contributed by atoms with Crippen molar-refractivity contribution in [3.63, 3.8) is 0 Å². The number of Topliss-reactive ketones (excluding diaryl/α,β-unsaturated/α-hetero) is 1. The average Bonchev–Trinajstić information content (AvgIpc) is 2.69. The first kappa shape index (κ1) is 21.1. The number of ketones is 1. The lowest BCUT2D eigenvalue weighted by Gasteiger charge is -2.38. The number of fused-ring (bicyclic) bond motifs is 3. The third-order valence-corrected chi connectivity index (χ3v) is 5.73. The molecule has 0 saturated heterocycles. The molecule has 0 radical (unpaired) electrons. The highest BCUT2D eigenvalue weighted by Crippen LogP contribution is 2.48. The van der Waals surface area contributed by atoms with E-state index in [2.05, 4.69) is 0 Å². The van der Waals surface area contributed by atoms with Gasteiger partial charge < -0.3 is 19.4 Å². The van der Waals surface area contributed by atoms with Gasteiger partial charge in [-0.05, 0) is 25.3 Å². The summed E-state index contributed by atoms with van der Waals surface area (Å²) >= 11 is 0. The maximum Gasteiger partial charge on any atom is 0.336 e. The fraction of sp³-hybridized carbons (Fsp3) is 0.360. The molecule has 1 unspecified atom stereocenters. The number of phenols is 1. The van der Waals surface area contributed by atoms with E-state index in [0.717, 1.165) is 0 Å². The molecule has 6 heteroatoms. The summed E-state index contributed by atoms with van der Waals surface area (Å²) in [4.78, 5) is 25.6. The number of aliphatic hydroxyl groups is 1. The molecule has 2 heterocycles. The first-order valence-corrected chi connectivity index (χ1v) is 10.4. The maximum atomic E-state index is 13.2. The van der Waals surface area contributed by atoms with Crippen molar-refractivity contribution in [2.45, 2.75) is 52.2 Å². The van der Waals surface area contributed by atoms with E-state index in [0.29, 0.717) is 16.7 Å². The summed E-state index contributed by atoms with van der Waals surface area (Å²) in [5, 5.41) is 22.3. The maximum absolute atomic E-state index is 13.2. The molecule has 6 nitrogen and oxygen atoms in total. The van der Waals surface area contributed by atoms with Crippen LogP contribution in [-0.4, -0.2) is 27.7 Å². The number of carbonyl (C=O) groups is 1. The molecule has 4 rings (SSSR count). The molecule has 0 saturated carbocycles. The van der Waals surface area contributed by atoms with Crippen LogP contribution in [-0.2, 0) is 6.42 Å². The summed E-state index contributed by atoms with van der Waals surface area (Å²) in [7, 11) is 0. The Balaban J connectivity index is 2.14. The minimum Gasteiger partial charge on any atom is -0.506 e. The van der Waals surface area contributed by atoms with Gasteiger partial charge in [-0.1, -0.05) is 44.2 Å². The lowest BCUT2D eigenvalue weighted by molar-refractivity contribution is -0.0414. The van der Waals surface area contributed by atoms with E-state index in [-0.39, 0.29) is 52.6 Å². The van der Waals surface area contributed by atoms with Gasteiger partial charge in [0.2, 0.25) is 0 Å². The van der Waals surface area contributed by atoms with Crippen LogP contribution in [0.25, 0.3) is 22.1 Å². The first-order valence-electron chi connectivity index (χ1n) is 10.4. The monoisotopic (exact) mass is 422 g/mol. The Bertz CT molecular complexity index is 1220. The third-order valence-electron chi connectivity index (χ3n) is 5.73. The second-order valence-electron chi connectivity index (χ2n) is 9.03. The van der Waals surface area contributed by atoms with Crippen molar-refractivity contribution in [1.29, 1.82) is 0 Å². The van der Waals surface area contributed by atoms with Crippen molar-refractivity contribution in [1.82, 2.24) is 0 Å². The number of hydrogen-bond acceptors (Lipinski definition) is 6. The smallest absolute Gasteiger partial charge is 0.336 e. The van der Waals surface area contributed by atoms with Crippen LogP contribution in [0.3, 0.4) is 0 Å². The van der Waals surface area contributed by atoms with Crippen LogP contribution >= 0.6 is 0 Å². The molecule has 2 N–H and O–H groups in total. The van der Waals surface area contributed by atoms with Gasteiger partial charge in [0, 0.05) is 30.0 Å². The normalized spacial score (nSPS) is 17.4. The van der Waals surface area contributed by atoms with Crippen molar-refractivity contribution in [2.75, 3.05) is 0 Å². The number of rotatable bonds is 4. The molecule has 0 fully saturated rings. The van der Waals surface area contributed by atoms with Crippen molar-refractivity contribution in [2.24, 2.45) is 5.92 Å². The predicted molar refractivity (Wildman–Crippen MR) is 118 cm³/mol. The van der Waals surface area contributed by atoms with E-state index in [4.69, 9.17) is 9.15 Å². The number of aromatic hydroxyl groups is 1. The summed E-state index contributed by atoms with van der Waals surface area (Å²) in [6, 6.07) is 10.4. The highest BCUT2D eigenvalue weighted by molar-refractivity contribution is 6.11. The molecule has 2 aromatic carbocycles. The Hall–Kier alpha value is -3.12. The number of carbonyl (C=O) groups excluding carboxylic acids is 1. The third kappa shape index (κ3) is 3.61. The van der Waals surface area contributed by atoms with Gasteiger partial charge in [0.1, 0.15) is 28.2 Å². The van der Waals surface area contributed by atoms with Crippen LogP contribution in [0.2, 0.25) is 0 Å². The lowest BCUT2D eigenvalue weighted by atomic mass is 9.85. The Morgan fingerprint density at radius 1 is 1.23 bits per heavy atom. The van der Waals surface area contributed by atoms with E-state index in [1.807, 2.05) is 44.2 Å². The highest BCUT2D eigenvalue weighted by atomic mass is 16.5. The van der Waals surface area contributed by atoms with Gasteiger partial charge in [-0.25, -0.2) is 4.79 Å². The molecule has 0 spiro atoms. The number of ether oxygens (including phenoxy) is 1. The van der Waals surface area contributed by atoms with Crippen molar-refractivity contribution in [3.05, 3.63) is 57.9 Å². The fourth-order valence-electron chi connectivity index (χ4n) is 4.07. The molecule has 31 heavy (non-hydrogen) atoms. The number of hydrogen-bond donors (Lipinski definition) is 2. The van der Waals surface area contributed by atoms with Crippen LogP contribution in [0.4, 0.5) is 0 Å². The first-order chi connectivity index (χ1) is 14.6. The van der Waals surface area contributed by atoms with Gasteiger partial charge in [-0.2, -0.15) is 0 Å². The molecule has 162 valence electrons. The number of aliphatic hydroxyl groups excluding tert-OH is 1. The van der Waals surface area contributed by atoms with E-state index in [9.17, 15) is 19.8 Å². The van der Waals surface area contributed by atoms with Crippen LogP contribution in [0.15, 0.2) is 45.6 Å². The minimum atomic E-state index is -0.975. The van der Waals surface area contributed by atoms with Crippen LogP contribution < -0.4 is 10.4 Å². The van der Waals surface area contributed by atoms with Crippen molar-refractivity contribution >= 4 is 16.8 Å². The van der Waals surface area contributed by atoms with Gasteiger partial charge in [0.25, 0.3) is 0 Å². The summed E-state index contributed by atoms with van der Waals surface area (Å²) in [6.45, 7) is 7.28. The SMILES string of the molecule is CC(C)CC(=O)c1c2c(c3oc(=O)cc(-c4ccccc4)c3c1O)CC(O)C(C)(C)O2.